The largest absolute Gasteiger partial charge is 0.454 e. The summed E-state index contributed by atoms with van der Waals surface area (Å²) in [6.45, 7) is 3.68. The van der Waals surface area contributed by atoms with Gasteiger partial charge in [-0.25, -0.2) is 4.79 Å². The van der Waals surface area contributed by atoms with Gasteiger partial charge in [0.15, 0.2) is 11.5 Å². The number of hydrogen-bond acceptors (Lipinski definition) is 3. The normalized spacial score (nSPS) is 18.0. The topological polar surface area (TPSA) is 50.8 Å². The third-order valence-corrected chi connectivity index (χ3v) is 4.77. The number of fused-ring (bicyclic) bond motifs is 2. The van der Waals surface area contributed by atoms with E-state index < -0.39 is 0 Å². The number of ether oxygens (including phenoxy) is 2. The number of benzene rings is 2. The van der Waals surface area contributed by atoms with Gasteiger partial charge < -0.3 is 19.7 Å². The quantitative estimate of drug-likeness (QED) is 0.932. The second-order valence-electron chi connectivity index (χ2n) is 6.39. The Kier molecular flexibility index (Phi) is 4.22. The predicted octanol–water partition coefficient (Wildman–Crippen LogP) is 3.48. The van der Waals surface area contributed by atoms with Gasteiger partial charge in [-0.05, 0) is 41.7 Å². The van der Waals surface area contributed by atoms with Crippen LogP contribution in [0.25, 0.3) is 0 Å². The molecule has 1 N–H and O–H groups in total. The standard InChI is InChI=1S/C20H22N2O3/c1-2-9-21-20(23)22-10-8-15-11-17-18(25-13-24-17)12-16(15)19(22)14-6-4-3-5-7-14/h3-7,11-12,19H,2,8-10,13H2,1H3,(H,21,23). The summed E-state index contributed by atoms with van der Waals surface area (Å²) >= 11 is 0. The molecule has 2 aromatic carbocycles. The molecule has 5 nitrogen and oxygen atoms in total. The van der Waals surface area contributed by atoms with Gasteiger partial charge in [-0.15, -0.1) is 0 Å². The molecule has 5 heteroatoms. The fraction of sp³-hybridized carbons (Fsp3) is 0.350. The van der Waals surface area contributed by atoms with Gasteiger partial charge >= 0.3 is 6.03 Å². The molecule has 4 rings (SSSR count). The second-order valence-corrected chi connectivity index (χ2v) is 6.39. The van der Waals surface area contributed by atoms with Crippen molar-refractivity contribution in [2.75, 3.05) is 19.9 Å². The number of carbonyl (C=O) groups excluding carboxylic acids is 1. The summed E-state index contributed by atoms with van der Waals surface area (Å²) in [5, 5.41) is 3.02. The van der Waals surface area contributed by atoms with Crippen LogP contribution in [0.3, 0.4) is 0 Å². The molecule has 1 atom stereocenters. The predicted molar refractivity (Wildman–Crippen MR) is 94.9 cm³/mol. The van der Waals surface area contributed by atoms with E-state index in [2.05, 4.69) is 30.4 Å². The van der Waals surface area contributed by atoms with Crippen LogP contribution in [0.1, 0.15) is 36.1 Å². The average Bonchev–Trinajstić information content (AvgIpc) is 3.11. The first-order valence-electron chi connectivity index (χ1n) is 8.79. The molecular formula is C20H22N2O3. The van der Waals surface area contributed by atoms with Crippen LogP contribution >= 0.6 is 0 Å². The van der Waals surface area contributed by atoms with Crippen molar-refractivity contribution in [1.29, 1.82) is 0 Å². The fourth-order valence-corrected chi connectivity index (χ4v) is 3.56. The van der Waals surface area contributed by atoms with Crippen LogP contribution in [0.5, 0.6) is 11.5 Å². The lowest BCUT2D eigenvalue weighted by Crippen LogP contribution is -2.46. The van der Waals surface area contributed by atoms with Crippen LogP contribution in [0.15, 0.2) is 42.5 Å². The molecule has 2 heterocycles. The van der Waals surface area contributed by atoms with E-state index in [-0.39, 0.29) is 18.9 Å². The minimum absolute atomic E-state index is 0.0148. The molecule has 0 aromatic heterocycles. The zero-order valence-corrected chi connectivity index (χ0v) is 14.3. The fourth-order valence-electron chi connectivity index (χ4n) is 3.56. The van der Waals surface area contributed by atoms with Gasteiger partial charge in [-0.3, -0.25) is 0 Å². The molecular weight excluding hydrogens is 316 g/mol. The van der Waals surface area contributed by atoms with E-state index in [0.717, 1.165) is 35.5 Å². The maximum Gasteiger partial charge on any atom is 0.318 e. The van der Waals surface area contributed by atoms with Crippen LogP contribution in [0.4, 0.5) is 4.79 Å². The Balaban J connectivity index is 1.76. The van der Waals surface area contributed by atoms with Gasteiger partial charge in [-0.2, -0.15) is 0 Å². The molecule has 0 saturated heterocycles. The Labute approximate surface area is 147 Å². The number of rotatable bonds is 3. The van der Waals surface area contributed by atoms with Crippen molar-refractivity contribution in [2.24, 2.45) is 0 Å². The number of nitrogens with zero attached hydrogens (tertiary/aromatic N) is 1. The van der Waals surface area contributed by atoms with Crippen LogP contribution in [0, 0.1) is 0 Å². The minimum Gasteiger partial charge on any atom is -0.454 e. The van der Waals surface area contributed by atoms with Crippen molar-refractivity contribution < 1.29 is 14.3 Å². The summed E-state index contributed by atoms with van der Waals surface area (Å²) < 4.78 is 11.1. The van der Waals surface area contributed by atoms with Crippen LogP contribution in [-0.4, -0.2) is 30.8 Å². The molecule has 2 aliphatic rings. The summed E-state index contributed by atoms with van der Waals surface area (Å²) in [7, 11) is 0. The van der Waals surface area contributed by atoms with Crippen LogP contribution in [0.2, 0.25) is 0 Å². The monoisotopic (exact) mass is 338 g/mol. The lowest BCUT2D eigenvalue weighted by Gasteiger charge is -2.37. The third kappa shape index (κ3) is 2.90. The van der Waals surface area contributed by atoms with Crippen molar-refractivity contribution in [3.63, 3.8) is 0 Å². The second kappa shape index (κ2) is 6.67. The van der Waals surface area contributed by atoms with E-state index in [9.17, 15) is 4.79 Å². The van der Waals surface area contributed by atoms with Crippen molar-refractivity contribution in [1.82, 2.24) is 10.2 Å². The summed E-state index contributed by atoms with van der Waals surface area (Å²) in [6, 6.07) is 14.1. The van der Waals surface area contributed by atoms with Crippen LogP contribution in [-0.2, 0) is 6.42 Å². The van der Waals surface area contributed by atoms with E-state index >= 15 is 0 Å². The maximum atomic E-state index is 12.7. The van der Waals surface area contributed by atoms with Gasteiger partial charge in [0.1, 0.15) is 0 Å². The smallest absolute Gasteiger partial charge is 0.318 e. The average molecular weight is 338 g/mol. The Bertz CT molecular complexity index is 776. The van der Waals surface area contributed by atoms with Crippen LogP contribution < -0.4 is 14.8 Å². The Morgan fingerprint density at radius 1 is 1.20 bits per heavy atom. The highest BCUT2D eigenvalue weighted by molar-refractivity contribution is 5.76. The molecule has 0 bridgehead atoms. The zero-order valence-electron chi connectivity index (χ0n) is 14.3. The molecule has 1 unspecified atom stereocenters. The molecule has 0 spiro atoms. The first-order valence-corrected chi connectivity index (χ1v) is 8.79. The molecule has 2 aromatic rings. The SMILES string of the molecule is CCCNC(=O)N1CCc2cc3c(cc2C1c1ccccc1)OCO3. The van der Waals surface area contributed by atoms with Gasteiger partial charge in [0, 0.05) is 13.1 Å². The zero-order chi connectivity index (χ0) is 17.2. The lowest BCUT2D eigenvalue weighted by atomic mass is 9.88. The van der Waals surface area contributed by atoms with Gasteiger partial charge in [0.25, 0.3) is 0 Å². The van der Waals surface area contributed by atoms with Gasteiger partial charge in [0.05, 0.1) is 6.04 Å². The summed E-state index contributed by atoms with van der Waals surface area (Å²) in [5.74, 6) is 1.56. The molecule has 0 radical (unpaired) electrons. The molecule has 130 valence electrons. The van der Waals surface area contributed by atoms with E-state index in [1.807, 2.05) is 29.2 Å². The van der Waals surface area contributed by atoms with Crippen molar-refractivity contribution >= 4 is 6.03 Å². The van der Waals surface area contributed by atoms with E-state index in [1.165, 1.54) is 5.56 Å². The summed E-state index contributed by atoms with van der Waals surface area (Å²) in [4.78, 5) is 14.7. The van der Waals surface area contributed by atoms with Crippen molar-refractivity contribution in [3.05, 3.63) is 59.2 Å². The lowest BCUT2D eigenvalue weighted by molar-refractivity contribution is 0.173. The summed E-state index contributed by atoms with van der Waals surface area (Å²) in [5.41, 5.74) is 3.44. The van der Waals surface area contributed by atoms with E-state index in [0.29, 0.717) is 13.1 Å². The molecule has 0 saturated carbocycles. The van der Waals surface area contributed by atoms with E-state index in [1.54, 1.807) is 0 Å². The van der Waals surface area contributed by atoms with Crippen molar-refractivity contribution in [3.8, 4) is 11.5 Å². The highest BCUT2D eigenvalue weighted by Crippen LogP contribution is 2.42. The van der Waals surface area contributed by atoms with Crippen molar-refractivity contribution in [2.45, 2.75) is 25.8 Å². The molecule has 0 aliphatic carbocycles. The summed E-state index contributed by atoms with van der Waals surface area (Å²) in [6.07, 6.45) is 1.74. The Morgan fingerprint density at radius 2 is 1.96 bits per heavy atom. The maximum absolute atomic E-state index is 12.7. The van der Waals surface area contributed by atoms with E-state index in [4.69, 9.17) is 9.47 Å². The van der Waals surface area contributed by atoms with Gasteiger partial charge in [0.2, 0.25) is 6.79 Å². The molecule has 25 heavy (non-hydrogen) atoms. The molecule has 2 amide bonds. The molecule has 2 aliphatic heterocycles. The first kappa shape index (κ1) is 15.8. The Morgan fingerprint density at radius 3 is 2.72 bits per heavy atom. The number of hydrogen-bond donors (Lipinski definition) is 1. The number of urea groups is 1. The number of amides is 2. The first-order chi connectivity index (χ1) is 12.3. The Hall–Kier alpha value is -2.69. The number of carbonyl (C=O) groups is 1. The third-order valence-electron chi connectivity index (χ3n) is 4.77. The highest BCUT2D eigenvalue weighted by atomic mass is 16.7. The highest BCUT2D eigenvalue weighted by Gasteiger charge is 2.33. The van der Waals surface area contributed by atoms with Gasteiger partial charge in [-0.1, -0.05) is 37.3 Å². The number of nitrogens with one attached hydrogen (secondary N) is 1. The molecule has 0 fully saturated rings. The minimum atomic E-state index is -0.115.